The topological polar surface area (TPSA) is 35.2 Å². The van der Waals surface area contributed by atoms with Crippen LogP contribution in [0.5, 0.6) is 5.75 Å². The maximum absolute atomic E-state index is 12.1. The van der Waals surface area contributed by atoms with Crippen molar-refractivity contribution in [3.05, 3.63) is 64.7 Å². The summed E-state index contributed by atoms with van der Waals surface area (Å²) in [4.78, 5) is 0. The minimum atomic E-state index is -4.68. The van der Waals surface area contributed by atoms with Crippen LogP contribution in [-0.2, 0) is 0 Å². The summed E-state index contributed by atoms with van der Waals surface area (Å²) in [6.45, 7) is 3.97. The lowest BCUT2D eigenvalue weighted by molar-refractivity contribution is -0.274. The molecule has 0 saturated carbocycles. The molecule has 2 aromatic rings. The number of ether oxygens (including phenoxy) is 1. The Morgan fingerprint density at radius 1 is 1.00 bits per heavy atom. The first-order valence-electron chi connectivity index (χ1n) is 6.45. The van der Waals surface area contributed by atoms with Crippen LogP contribution in [-0.4, -0.2) is 6.36 Å². The molecule has 0 aliphatic carbocycles. The molecule has 0 fully saturated rings. The molecule has 2 rings (SSSR count). The van der Waals surface area contributed by atoms with E-state index in [1.165, 1.54) is 12.1 Å². The average Bonchev–Trinajstić information content (AvgIpc) is 2.40. The SMILES string of the molecule is Cc1cccc([C@@H](N)c2ccc(OC(F)(F)F)cc2)c1C.Cl. The molecule has 0 bridgehead atoms. The van der Waals surface area contributed by atoms with Crippen molar-refractivity contribution >= 4 is 12.4 Å². The predicted octanol–water partition coefficient (Wildman–Crippen LogP) is 4.67. The summed E-state index contributed by atoms with van der Waals surface area (Å²) in [5, 5.41) is 0. The van der Waals surface area contributed by atoms with E-state index in [1.54, 1.807) is 12.1 Å². The molecule has 0 spiro atoms. The van der Waals surface area contributed by atoms with Crippen molar-refractivity contribution in [2.45, 2.75) is 26.3 Å². The molecule has 0 amide bonds. The van der Waals surface area contributed by atoms with Crippen LogP contribution in [0.4, 0.5) is 13.2 Å². The first-order chi connectivity index (χ1) is 9.78. The van der Waals surface area contributed by atoms with E-state index in [0.29, 0.717) is 0 Å². The van der Waals surface area contributed by atoms with Crippen molar-refractivity contribution in [2.24, 2.45) is 5.73 Å². The second-order valence-electron chi connectivity index (χ2n) is 4.88. The zero-order valence-electron chi connectivity index (χ0n) is 12.1. The van der Waals surface area contributed by atoms with E-state index in [4.69, 9.17) is 5.73 Å². The zero-order chi connectivity index (χ0) is 15.6. The molecule has 6 heteroatoms. The molecule has 0 aliphatic heterocycles. The second-order valence-corrected chi connectivity index (χ2v) is 4.88. The highest BCUT2D eigenvalue weighted by molar-refractivity contribution is 5.85. The van der Waals surface area contributed by atoms with E-state index in [0.717, 1.165) is 22.3 Å². The molecule has 2 N–H and O–H groups in total. The average molecular weight is 332 g/mol. The molecule has 0 unspecified atom stereocenters. The van der Waals surface area contributed by atoms with Crippen LogP contribution in [0.3, 0.4) is 0 Å². The second kappa shape index (κ2) is 7.03. The summed E-state index contributed by atoms with van der Waals surface area (Å²) in [5.74, 6) is -0.251. The highest BCUT2D eigenvalue weighted by atomic mass is 35.5. The number of nitrogens with two attached hydrogens (primary N) is 1. The molecule has 0 aromatic heterocycles. The highest BCUT2D eigenvalue weighted by Gasteiger charge is 2.31. The number of aryl methyl sites for hydroxylation is 1. The van der Waals surface area contributed by atoms with Crippen LogP contribution in [0, 0.1) is 13.8 Å². The summed E-state index contributed by atoms with van der Waals surface area (Å²) in [6, 6.07) is 11.1. The number of hydrogen-bond donors (Lipinski definition) is 1. The van der Waals surface area contributed by atoms with Gasteiger partial charge in [0.2, 0.25) is 0 Å². The Balaban J connectivity index is 0.00000242. The van der Waals surface area contributed by atoms with Gasteiger partial charge in [-0.25, -0.2) is 0 Å². The molecule has 22 heavy (non-hydrogen) atoms. The van der Waals surface area contributed by atoms with E-state index in [-0.39, 0.29) is 24.2 Å². The lowest BCUT2D eigenvalue weighted by Gasteiger charge is -2.17. The normalized spacial score (nSPS) is 12.5. The molecule has 0 aliphatic rings. The van der Waals surface area contributed by atoms with Gasteiger partial charge in [-0.2, -0.15) is 0 Å². The molecule has 1 atom stereocenters. The van der Waals surface area contributed by atoms with E-state index in [9.17, 15) is 13.2 Å². The first-order valence-corrected chi connectivity index (χ1v) is 6.45. The fourth-order valence-corrected chi connectivity index (χ4v) is 2.17. The summed E-state index contributed by atoms with van der Waals surface area (Å²) in [6.07, 6.45) is -4.68. The molecule has 120 valence electrons. The maximum atomic E-state index is 12.1. The van der Waals surface area contributed by atoms with Crippen LogP contribution in [0.15, 0.2) is 42.5 Å². The van der Waals surface area contributed by atoms with Crippen LogP contribution in [0.1, 0.15) is 28.3 Å². The third-order valence-corrected chi connectivity index (χ3v) is 3.45. The van der Waals surface area contributed by atoms with Crippen molar-refractivity contribution in [1.82, 2.24) is 0 Å². The highest BCUT2D eigenvalue weighted by Crippen LogP contribution is 2.27. The summed E-state index contributed by atoms with van der Waals surface area (Å²) in [5.41, 5.74) is 10.1. The van der Waals surface area contributed by atoms with Crippen LogP contribution >= 0.6 is 12.4 Å². The molecule has 2 aromatic carbocycles. The Kier molecular flexibility index (Phi) is 5.85. The van der Waals surface area contributed by atoms with Gasteiger partial charge in [0.15, 0.2) is 0 Å². The lowest BCUT2D eigenvalue weighted by atomic mass is 9.93. The van der Waals surface area contributed by atoms with Gasteiger partial charge in [-0.3, -0.25) is 0 Å². The number of rotatable bonds is 3. The third kappa shape index (κ3) is 4.39. The van der Waals surface area contributed by atoms with Gasteiger partial charge in [0.05, 0.1) is 6.04 Å². The smallest absolute Gasteiger partial charge is 0.406 e. The van der Waals surface area contributed by atoms with Crippen LogP contribution in [0.2, 0.25) is 0 Å². The first kappa shape index (κ1) is 18.3. The minimum absolute atomic E-state index is 0. The van der Waals surface area contributed by atoms with E-state index in [2.05, 4.69) is 4.74 Å². The van der Waals surface area contributed by atoms with Crippen molar-refractivity contribution in [2.75, 3.05) is 0 Å². The van der Waals surface area contributed by atoms with E-state index >= 15 is 0 Å². The minimum Gasteiger partial charge on any atom is -0.406 e. The van der Waals surface area contributed by atoms with Gasteiger partial charge in [-0.15, -0.1) is 25.6 Å². The molecular formula is C16H17ClF3NO. The van der Waals surface area contributed by atoms with Crippen molar-refractivity contribution in [3.63, 3.8) is 0 Å². The van der Waals surface area contributed by atoms with Gasteiger partial charge in [0.25, 0.3) is 0 Å². The molecule has 0 saturated heterocycles. The van der Waals surface area contributed by atoms with Gasteiger partial charge in [-0.1, -0.05) is 30.3 Å². The quantitative estimate of drug-likeness (QED) is 0.887. The van der Waals surface area contributed by atoms with E-state index in [1.807, 2.05) is 32.0 Å². The monoisotopic (exact) mass is 331 g/mol. The Hall–Kier alpha value is -1.72. The van der Waals surface area contributed by atoms with Gasteiger partial charge in [-0.05, 0) is 48.2 Å². The van der Waals surface area contributed by atoms with E-state index < -0.39 is 6.36 Å². The fraction of sp³-hybridized carbons (Fsp3) is 0.250. The molecule has 2 nitrogen and oxygen atoms in total. The number of benzene rings is 2. The Bertz CT molecular complexity index is 626. The Morgan fingerprint density at radius 2 is 1.59 bits per heavy atom. The van der Waals surface area contributed by atoms with Crippen molar-refractivity contribution in [3.8, 4) is 5.75 Å². The maximum Gasteiger partial charge on any atom is 0.573 e. The van der Waals surface area contributed by atoms with Crippen LogP contribution < -0.4 is 10.5 Å². The summed E-state index contributed by atoms with van der Waals surface area (Å²) in [7, 11) is 0. The predicted molar refractivity (Wildman–Crippen MR) is 82.3 cm³/mol. The summed E-state index contributed by atoms with van der Waals surface area (Å²) >= 11 is 0. The van der Waals surface area contributed by atoms with Gasteiger partial charge >= 0.3 is 6.36 Å². The number of halogens is 4. The van der Waals surface area contributed by atoms with Gasteiger partial charge < -0.3 is 10.5 Å². The standard InChI is InChI=1S/C16H16F3NO.ClH/c1-10-4-3-5-14(11(10)2)15(20)12-6-8-13(9-7-12)21-16(17,18)19;/h3-9,15H,20H2,1-2H3;1H/t15-;/m0./s1. The zero-order valence-corrected chi connectivity index (χ0v) is 13.0. The molecule has 0 radical (unpaired) electrons. The van der Waals surface area contributed by atoms with Crippen LogP contribution in [0.25, 0.3) is 0 Å². The van der Waals surface area contributed by atoms with Gasteiger partial charge in [0, 0.05) is 0 Å². The van der Waals surface area contributed by atoms with Crippen molar-refractivity contribution in [1.29, 1.82) is 0 Å². The number of hydrogen-bond acceptors (Lipinski definition) is 2. The molecule has 0 heterocycles. The third-order valence-electron chi connectivity index (χ3n) is 3.45. The Labute approximate surface area is 133 Å². The number of alkyl halides is 3. The summed E-state index contributed by atoms with van der Waals surface area (Å²) < 4.78 is 40.2. The Morgan fingerprint density at radius 3 is 2.14 bits per heavy atom. The largest absolute Gasteiger partial charge is 0.573 e. The fourth-order valence-electron chi connectivity index (χ4n) is 2.17. The lowest BCUT2D eigenvalue weighted by Crippen LogP contribution is -2.17. The van der Waals surface area contributed by atoms with Gasteiger partial charge in [0.1, 0.15) is 5.75 Å². The van der Waals surface area contributed by atoms with Crippen molar-refractivity contribution < 1.29 is 17.9 Å². The molecular weight excluding hydrogens is 315 g/mol.